The van der Waals surface area contributed by atoms with Gasteiger partial charge in [0.25, 0.3) is 0 Å². The van der Waals surface area contributed by atoms with Gasteiger partial charge in [0, 0.05) is 13.1 Å². The van der Waals surface area contributed by atoms with Crippen molar-refractivity contribution in [3.8, 4) is 0 Å². The van der Waals surface area contributed by atoms with Gasteiger partial charge in [-0.1, -0.05) is 0 Å². The van der Waals surface area contributed by atoms with Crippen molar-refractivity contribution < 1.29 is 13.5 Å². The molecule has 0 bridgehead atoms. The minimum atomic E-state index is -3.78. The Balaban J connectivity index is 2.88. The third-order valence-electron chi connectivity index (χ3n) is 2.67. The minimum Gasteiger partial charge on any atom is -0.397 e. The van der Waals surface area contributed by atoms with E-state index < -0.39 is 15.6 Å². The lowest BCUT2D eigenvalue weighted by Crippen LogP contribution is -2.43. The summed E-state index contributed by atoms with van der Waals surface area (Å²) < 4.78 is 22.6. The average molecular weight is 302 g/mol. The van der Waals surface area contributed by atoms with Crippen molar-refractivity contribution >= 4 is 21.4 Å². The first kappa shape index (κ1) is 16.7. The van der Waals surface area contributed by atoms with E-state index in [0.717, 1.165) is 0 Å². The van der Waals surface area contributed by atoms with Gasteiger partial charge < -0.3 is 21.1 Å². The van der Waals surface area contributed by atoms with Crippen LogP contribution >= 0.6 is 0 Å². The molecule has 0 spiro atoms. The number of anilines is 2. The van der Waals surface area contributed by atoms with Crippen LogP contribution in [0.5, 0.6) is 0 Å². The SMILES string of the molecule is CN(C)CC(C)(O)CNc1cc(S(N)(=O)=O)ccc1N. The van der Waals surface area contributed by atoms with Crippen molar-refractivity contribution in [2.45, 2.75) is 17.4 Å². The molecule has 8 heteroatoms. The second-order valence-corrected chi connectivity index (χ2v) is 6.94. The molecular formula is C12H22N4O3S. The number of sulfonamides is 1. The molecule has 0 aliphatic carbocycles. The zero-order valence-electron chi connectivity index (χ0n) is 11.9. The highest BCUT2D eigenvalue weighted by molar-refractivity contribution is 7.89. The molecule has 7 nitrogen and oxygen atoms in total. The normalized spacial score (nSPS) is 15.1. The molecule has 0 saturated carbocycles. The quantitative estimate of drug-likeness (QED) is 0.532. The Bertz CT molecular complexity index is 570. The highest BCUT2D eigenvalue weighted by Gasteiger charge is 2.21. The molecule has 114 valence electrons. The highest BCUT2D eigenvalue weighted by Crippen LogP contribution is 2.22. The summed E-state index contributed by atoms with van der Waals surface area (Å²) in [4.78, 5) is 1.83. The molecule has 0 amide bonds. The molecule has 0 radical (unpaired) electrons. The fourth-order valence-electron chi connectivity index (χ4n) is 1.89. The standard InChI is InChI=1S/C12H22N4O3S/c1-12(17,8-16(2)3)7-15-11-6-9(20(14,18)19)4-5-10(11)13/h4-6,15,17H,7-8,13H2,1-3H3,(H2,14,18,19). The van der Waals surface area contributed by atoms with Gasteiger partial charge in [0.05, 0.1) is 21.9 Å². The van der Waals surface area contributed by atoms with E-state index in [9.17, 15) is 13.5 Å². The third-order valence-corrected chi connectivity index (χ3v) is 3.58. The number of hydrogen-bond donors (Lipinski definition) is 4. The highest BCUT2D eigenvalue weighted by atomic mass is 32.2. The topological polar surface area (TPSA) is 122 Å². The van der Waals surface area contributed by atoms with Crippen LogP contribution in [0, 0.1) is 0 Å². The number of aliphatic hydroxyl groups is 1. The van der Waals surface area contributed by atoms with E-state index in [2.05, 4.69) is 5.32 Å². The van der Waals surface area contributed by atoms with Crippen LogP contribution in [0.25, 0.3) is 0 Å². The van der Waals surface area contributed by atoms with Crippen molar-refractivity contribution in [2.24, 2.45) is 5.14 Å². The van der Waals surface area contributed by atoms with Crippen LogP contribution in [0.1, 0.15) is 6.92 Å². The van der Waals surface area contributed by atoms with Crippen LogP contribution in [0.4, 0.5) is 11.4 Å². The first-order valence-electron chi connectivity index (χ1n) is 6.04. The van der Waals surface area contributed by atoms with Gasteiger partial charge in [0.15, 0.2) is 0 Å². The van der Waals surface area contributed by atoms with Crippen LogP contribution < -0.4 is 16.2 Å². The lowest BCUT2D eigenvalue weighted by molar-refractivity contribution is 0.0460. The molecule has 0 fully saturated rings. The number of nitrogens with one attached hydrogen (secondary N) is 1. The summed E-state index contributed by atoms with van der Waals surface area (Å²) in [5.74, 6) is 0. The van der Waals surface area contributed by atoms with Crippen molar-refractivity contribution in [1.29, 1.82) is 0 Å². The zero-order valence-corrected chi connectivity index (χ0v) is 12.7. The summed E-state index contributed by atoms with van der Waals surface area (Å²) in [6, 6.07) is 4.16. The van der Waals surface area contributed by atoms with E-state index in [1.165, 1.54) is 18.2 Å². The molecule has 0 saturated heterocycles. The van der Waals surface area contributed by atoms with E-state index in [4.69, 9.17) is 10.9 Å². The van der Waals surface area contributed by atoms with E-state index in [0.29, 0.717) is 17.9 Å². The fourth-order valence-corrected chi connectivity index (χ4v) is 2.43. The van der Waals surface area contributed by atoms with Crippen LogP contribution in [0.2, 0.25) is 0 Å². The summed E-state index contributed by atoms with van der Waals surface area (Å²) in [5.41, 5.74) is 5.61. The van der Waals surface area contributed by atoms with Crippen LogP contribution in [-0.2, 0) is 10.0 Å². The number of likely N-dealkylation sites (N-methyl/N-ethyl adjacent to an activating group) is 1. The second-order valence-electron chi connectivity index (χ2n) is 5.38. The molecule has 1 atom stereocenters. The number of nitrogens with zero attached hydrogens (tertiary/aromatic N) is 1. The van der Waals surface area contributed by atoms with Gasteiger partial charge in [-0.15, -0.1) is 0 Å². The van der Waals surface area contributed by atoms with Gasteiger partial charge in [0.1, 0.15) is 0 Å². The minimum absolute atomic E-state index is 0.0264. The molecule has 1 rings (SSSR count). The predicted octanol–water partition coefficient (Wildman–Crippen LogP) is -0.359. The second kappa shape index (κ2) is 5.96. The molecule has 0 aliphatic heterocycles. The Kier molecular flexibility index (Phi) is 4.98. The summed E-state index contributed by atoms with van der Waals surface area (Å²) in [5, 5.41) is 18.2. The monoisotopic (exact) mass is 302 g/mol. The molecule has 0 heterocycles. The summed E-state index contributed by atoms with van der Waals surface area (Å²) in [7, 11) is -0.0779. The van der Waals surface area contributed by atoms with Crippen molar-refractivity contribution in [3.63, 3.8) is 0 Å². The Morgan fingerprint density at radius 2 is 2.00 bits per heavy atom. The first-order chi connectivity index (χ1) is 9.01. The Hall–Kier alpha value is -1.35. The first-order valence-corrected chi connectivity index (χ1v) is 7.59. The van der Waals surface area contributed by atoms with E-state index in [1.807, 2.05) is 19.0 Å². The van der Waals surface area contributed by atoms with Gasteiger partial charge in [-0.05, 0) is 39.2 Å². The maximum Gasteiger partial charge on any atom is 0.238 e. The van der Waals surface area contributed by atoms with E-state index in [-0.39, 0.29) is 11.4 Å². The van der Waals surface area contributed by atoms with E-state index in [1.54, 1.807) is 6.92 Å². The maximum atomic E-state index is 11.3. The Morgan fingerprint density at radius 1 is 1.40 bits per heavy atom. The van der Waals surface area contributed by atoms with Gasteiger partial charge in [-0.3, -0.25) is 0 Å². The van der Waals surface area contributed by atoms with Gasteiger partial charge in [0.2, 0.25) is 10.0 Å². The molecule has 20 heavy (non-hydrogen) atoms. The van der Waals surface area contributed by atoms with Gasteiger partial charge in [-0.2, -0.15) is 0 Å². The lowest BCUT2D eigenvalue weighted by Gasteiger charge is -2.27. The third kappa shape index (κ3) is 4.97. The number of rotatable bonds is 6. The summed E-state index contributed by atoms with van der Waals surface area (Å²) >= 11 is 0. The number of nitrogen functional groups attached to an aromatic ring is 1. The van der Waals surface area contributed by atoms with Crippen molar-refractivity contribution in [2.75, 3.05) is 38.2 Å². The molecule has 0 aromatic heterocycles. The number of benzene rings is 1. The Labute approximate surface area is 119 Å². The Morgan fingerprint density at radius 3 is 2.50 bits per heavy atom. The van der Waals surface area contributed by atoms with Gasteiger partial charge in [-0.25, -0.2) is 13.6 Å². The number of nitrogens with two attached hydrogens (primary N) is 2. The maximum absolute atomic E-state index is 11.3. The molecule has 0 aliphatic rings. The summed E-state index contributed by atoms with van der Waals surface area (Å²) in [6.45, 7) is 2.36. The smallest absolute Gasteiger partial charge is 0.238 e. The average Bonchev–Trinajstić information content (AvgIpc) is 2.24. The van der Waals surface area contributed by atoms with Crippen LogP contribution in [0.3, 0.4) is 0 Å². The molecule has 1 unspecified atom stereocenters. The molecule has 1 aromatic rings. The largest absolute Gasteiger partial charge is 0.397 e. The van der Waals surface area contributed by atoms with Crippen molar-refractivity contribution in [1.82, 2.24) is 4.90 Å². The van der Waals surface area contributed by atoms with Crippen LogP contribution in [0.15, 0.2) is 23.1 Å². The molecule has 1 aromatic carbocycles. The predicted molar refractivity (Wildman–Crippen MR) is 79.9 cm³/mol. The summed E-state index contributed by atoms with van der Waals surface area (Å²) in [6.07, 6.45) is 0. The van der Waals surface area contributed by atoms with Crippen molar-refractivity contribution in [3.05, 3.63) is 18.2 Å². The number of hydrogen-bond acceptors (Lipinski definition) is 6. The van der Waals surface area contributed by atoms with E-state index >= 15 is 0 Å². The van der Waals surface area contributed by atoms with Gasteiger partial charge >= 0.3 is 0 Å². The van der Waals surface area contributed by atoms with Crippen LogP contribution in [-0.4, -0.2) is 51.2 Å². The molecular weight excluding hydrogens is 280 g/mol. The molecule has 6 N–H and O–H groups in total. The zero-order chi connectivity index (χ0) is 15.6. The fraction of sp³-hybridized carbons (Fsp3) is 0.500. The lowest BCUT2D eigenvalue weighted by atomic mass is 10.1. The number of primary sulfonamides is 1.